The van der Waals surface area contributed by atoms with Gasteiger partial charge in [0.2, 0.25) is 10.0 Å². The predicted octanol–water partition coefficient (Wildman–Crippen LogP) is -0.311. The maximum atomic E-state index is 11.9. The molecule has 3 N–H and O–H groups in total. The van der Waals surface area contributed by atoms with Gasteiger partial charge in [0.15, 0.2) is 0 Å². The molecule has 1 atom stereocenters. The first-order valence-corrected chi connectivity index (χ1v) is 6.98. The number of hydrogen-bond donors (Lipinski definition) is 3. The number of benzene rings is 1. The van der Waals surface area contributed by atoms with Gasteiger partial charge in [0.05, 0.1) is 10.5 Å². The fraction of sp³-hybridized carbons (Fsp3) is 0.455. The van der Waals surface area contributed by atoms with Gasteiger partial charge in [-0.05, 0) is 25.1 Å². The highest BCUT2D eigenvalue weighted by molar-refractivity contribution is 7.89. The van der Waals surface area contributed by atoms with Crippen molar-refractivity contribution in [2.45, 2.75) is 16.9 Å². The number of hydrogen-bond acceptors (Lipinski definition) is 4. The third kappa shape index (κ3) is 3.04. The van der Waals surface area contributed by atoms with Crippen LogP contribution in [0.1, 0.15) is 6.42 Å². The first kappa shape index (κ1) is 12.5. The SMILES string of the molecule is O=S(=O)(NCC1(O)CCNC1)c1ccccc1. The smallest absolute Gasteiger partial charge is 0.240 e. The van der Waals surface area contributed by atoms with Crippen molar-refractivity contribution in [1.82, 2.24) is 10.0 Å². The van der Waals surface area contributed by atoms with Crippen LogP contribution in [0.3, 0.4) is 0 Å². The molecule has 0 spiro atoms. The first-order valence-electron chi connectivity index (χ1n) is 5.50. The lowest BCUT2D eigenvalue weighted by molar-refractivity contribution is 0.0667. The van der Waals surface area contributed by atoms with E-state index in [0.717, 1.165) is 0 Å². The van der Waals surface area contributed by atoms with Crippen LogP contribution < -0.4 is 10.0 Å². The summed E-state index contributed by atoms with van der Waals surface area (Å²) in [6.45, 7) is 1.17. The Labute approximate surface area is 101 Å². The maximum absolute atomic E-state index is 11.9. The van der Waals surface area contributed by atoms with Gasteiger partial charge >= 0.3 is 0 Å². The second-order valence-corrected chi connectivity index (χ2v) is 6.06. The zero-order valence-corrected chi connectivity index (χ0v) is 10.2. The summed E-state index contributed by atoms with van der Waals surface area (Å²) in [6, 6.07) is 8.15. The number of rotatable bonds is 4. The van der Waals surface area contributed by atoms with E-state index in [-0.39, 0.29) is 11.4 Å². The van der Waals surface area contributed by atoms with E-state index in [1.54, 1.807) is 18.2 Å². The number of β-amino-alcohol motifs (C(OH)–C–C–N with tert-alkyl or cyclic N) is 1. The van der Waals surface area contributed by atoms with Crippen molar-refractivity contribution in [2.75, 3.05) is 19.6 Å². The second kappa shape index (κ2) is 4.73. The van der Waals surface area contributed by atoms with Crippen LogP contribution in [-0.4, -0.2) is 38.8 Å². The van der Waals surface area contributed by atoms with E-state index in [0.29, 0.717) is 19.5 Å². The zero-order chi connectivity index (χ0) is 12.4. The summed E-state index contributed by atoms with van der Waals surface area (Å²) >= 11 is 0. The Morgan fingerprint density at radius 2 is 2.06 bits per heavy atom. The lowest BCUT2D eigenvalue weighted by Gasteiger charge is -2.21. The van der Waals surface area contributed by atoms with E-state index in [4.69, 9.17) is 0 Å². The molecule has 0 amide bonds. The third-order valence-corrected chi connectivity index (χ3v) is 4.28. The Balaban J connectivity index is 2.04. The molecule has 0 radical (unpaired) electrons. The third-order valence-electron chi connectivity index (χ3n) is 2.87. The normalized spacial score (nSPS) is 25.0. The van der Waals surface area contributed by atoms with Crippen LogP contribution in [0.25, 0.3) is 0 Å². The molecule has 1 aliphatic heterocycles. The van der Waals surface area contributed by atoms with Gasteiger partial charge in [-0.3, -0.25) is 0 Å². The Hall–Kier alpha value is -0.950. The summed E-state index contributed by atoms with van der Waals surface area (Å²) < 4.78 is 26.2. The molecule has 2 rings (SSSR count). The maximum Gasteiger partial charge on any atom is 0.240 e. The molecule has 1 unspecified atom stereocenters. The fourth-order valence-corrected chi connectivity index (χ4v) is 2.93. The Morgan fingerprint density at radius 3 is 2.65 bits per heavy atom. The van der Waals surface area contributed by atoms with Crippen LogP contribution >= 0.6 is 0 Å². The second-order valence-electron chi connectivity index (χ2n) is 4.29. The van der Waals surface area contributed by atoms with Gasteiger partial charge in [0.25, 0.3) is 0 Å². The van der Waals surface area contributed by atoms with E-state index < -0.39 is 15.6 Å². The molecule has 1 aliphatic rings. The van der Waals surface area contributed by atoms with Crippen molar-refractivity contribution in [3.63, 3.8) is 0 Å². The van der Waals surface area contributed by atoms with Gasteiger partial charge < -0.3 is 10.4 Å². The molecule has 1 aromatic carbocycles. The van der Waals surface area contributed by atoms with Crippen LogP contribution in [-0.2, 0) is 10.0 Å². The van der Waals surface area contributed by atoms with Crippen molar-refractivity contribution < 1.29 is 13.5 Å². The summed E-state index contributed by atoms with van der Waals surface area (Å²) in [4.78, 5) is 0.217. The summed E-state index contributed by atoms with van der Waals surface area (Å²) in [7, 11) is -3.52. The lowest BCUT2D eigenvalue weighted by atomic mass is 10.1. The van der Waals surface area contributed by atoms with Crippen molar-refractivity contribution >= 4 is 10.0 Å². The predicted molar refractivity (Wildman–Crippen MR) is 64.1 cm³/mol. The quantitative estimate of drug-likeness (QED) is 0.690. The lowest BCUT2D eigenvalue weighted by Crippen LogP contribution is -2.44. The molecule has 6 heteroatoms. The molecule has 1 heterocycles. The van der Waals surface area contributed by atoms with E-state index in [2.05, 4.69) is 10.0 Å². The average molecular weight is 256 g/mol. The minimum atomic E-state index is -3.52. The van der Waals surface area contributed by atoms with Gasteiger partial charge in [-0.2, -0.15) is 0 Å². The van der Waals surface area contributed by atoms with Crippen molar-refractivity contribution in [3.05, 3.63) is 30.3 Å². The average Bonchev–Trinajstić information content (AvgIpc) is 2.76. The number of aliphatic hydroxyl groups is 1. The van der Waals surface area contributed by atoms with Gasteiger partial charge in [0.1, 0.15) is 0 Å². The molecule has 1 fully saturated rings. The largest absolute Gasteiger partial charge is 0.387 e. The molecule has 5 nitrogen and oxygen atoms in total. The van der Waals surface area contributed by atoms with E-state index in [9.17, 15) is 13.5 Å². The summed E-state index contributed by atoms with van der Waals surface area (Å²) in [6.07, 6.45) is 0.560. The van der Waals surface area contributed by atoms with Crippen molar-refractivity contribution in [3.8, 4) is 0 Å². The number of sulfonamides is 1. The van der Waals surface area contributed by atoms with E-state index in [1.807, 2.05) is 0 Å². The molecular weight excluding hydrogens is 240 g/mol. The van der Waals surface area contributed by atoms with E-state index in [1.165, 1.54) is 12.1 Å². The summed E-state index contributed by atoms with van der Waals surface area (Å²) in [5, 5.41) is 13.0. The highest BCUT2D eigenvalue weighted by atomic mass is 32.2. The molecule has 1 saturated heterocycles. The summed E-state index contributed by atoms with van der Waals surface area (Å²) in [5.74, 6) is 0. The Morgan fingerprint density at radius 1 is 1.35 bits per heavy atom. The molecule has 1 aromatic rings. The van der Waals surface area contributed by atoms with Gasteiger partial charge in [-0.15, -0.1) is 0 Å². The Kier molecular flexibility index (Phi) is 3.48. The van der Waals surface area contributed by atoms with Crippen molar-refractivity contribution in [2.24, 2.45) is 0 Å². The topological polar surface area (TPSA) is 78.4 Å². The highest BCUT2D eigenvalue weighted by Gasteiger charge is 2.32. The molecule has 0 aliphatic carbocycles. The minimum absolute atomic E-state index is 0.0389. The standard InChI is InChI=1S/C11H16N2O3S/c14-11(6-7-12-8-11)9-13-17(15,16)10-4-2-1-3-5-10/h1-5,12-14H,6-9H2. The minimum Gasteiger partial charge on any atom is -0.387 e. The van der Waals surface area contributed by atoms with Crippen molar-refractivity contribution in [1.29, 1.82) is 0 Å². The van der Waals surface area contributed by atoms with Crippen LogP contribution in [0.4, 0.5) is 0 Å². The van der Waals surface area contributed by atoms with Gasteiger partial charge in [-0.1, -0.05) is 18.2 Å². The summed E-state index contributed by atoms with van der Waals surface area (Å²) in [5.41, 5.74) is -0.970. The molecular formula is C11H16N2O3S. The Bertz CT molecular complexity index is 467. The monoisotopic (exact) mass is 256 g/mol. The number of nitrogens with one attached hydrogen (secondary N) is 2. The molecule has 0 bridgehead atoms. The fourth-order valence-electron chi connectivity index (χ4n) is 1.79. The van der Waals surface area contributed by atoms with Gasteiger partial charge in [0, 0.05) is 13.1 Å². The van der Waals surface area contributed by atoms with E-state index >= 15 is 0 Å². The molecule has 0 saturated carbocycles. The first-order chi connectivity index (χ1) is 8.02. The molecule has 94 valence electrons. The van der Waals surface area contributed by atoms with Crippen LogP contribution in [0.5, 0.6) is 0 Å². The van der Waals surface area contributed by atoms with Crippen LogP contribution in [0.15, 0.2) is 35.2 Å². The highest BCUT2D eigenvalue weighted by Crippen LogP contribution is 2.14. The zero-order valence-electron chi connectivity index (χ0n) is 9.39. The molecule has 0 aromatic heterocycles. The van der Waals surface area contributed by atoms with Gasteiger partial charge in [-0.25, -0.2) is 13.1 Å². The van der Waals surface area contributed by atoms with Crippen LogP contribution in [0.2, 0.25) is 0 Å². The molecule has 17 heavy (non-hydrogen) atoms. The van der Waals surface area contributed by atoms with Crippen LogP contribution in [0, 0.1) is 0 Å².